The number of thiocarbonyl (C=S) groups is 1. The van der Waals surface area contributed by atoms with Gasteiger partial charge in [-0.2, -0.15) is 13.2 Å². The van der Waals surface area contributed by atoms with Crippen LogP contribution in [0, 0.1) is 0 Å². The highest BCUT2D eigenvalue weighted by atomic mass is 32.1. The SMILES string of the molecule is NC(=S)c1ccc(N2CCN(CC(F)(F)F)CC2)cn1. The van der Waals surface area contributed by atoms with E-state index in [-0.39, 0.29) is 4.99 Å². The second kappa shape index (κ2) is 5.92. The Morgan fingerprint density at radius 1 is 1.25 bits per heavy atom. The highest BCUT2D eigenvalue weighted by Gasteiger charge is 2.32. The van der Waals surface area contributed by atoms with Crippen LogP contribution in [0.15, 0.2) is 18.3 Å². The summed E-state index contributed by atoms with van der Waals surface area (Å²) in [5.74, 6) is 0. The molecule has 0 aromatic carbocycles. The van der Waals surface area contributed by atoms with Crippen molar-refractivity contribution in [1.82, 2.24) is 9.88 Å². The lowest BCUT2D eigenvalue weighted by molar-refractivity contribution is -0.146. The third-order valence-electron chi connectivity index (χ3n) is 3.14. The molecule has 0 bridgehead atoms. The maximum absolute atomic E-state index is 12.3. The van der Waals surface area contributed by atoms with Crippen molar-refractivity contribution < 1.29 is 13.2 Å². The van der Waals surface area contributed by atoms with E-state index in [0.717, 1.165) is 5.69 Å². The summed E-state index contributed by atoms with van der Waals surface area (Å²) < 4.78 is 36.9. The summed E-state index contributed by atoms with van der Waals surface area (Å²) in [5.41, 5.74) is 6.87. The van der Waals surface area contributed by atoms with Gasteiger partial charge < -0.3 is 10.6 Å². The Morgan fingerprint density at radius 3 is 2.35 bits per heavy atom. The van der Waals surface area contributed by atoms with Crippen LogP contribution in [0.4, 0.5) is 18.9 Å². The third kappa shape index (κ3) is 4.04. The quantitative estimate of drug-likeness (QED) is 0.855. The summed E-state index contributed by atoms with van der Waals surface area (Å²) in [4.78, 5) is 7.77. The monoisotopic (exact) mass is 304 g/mol. The summed E-state index contributed by atoms with van der Waals surface area (Å²) in [6, 6.07) is 3.56. The Balaban J connectivity index is 1.92. The molecular formula is C12H15F3N4S. The number of nitrogens with two attached hydrogens (primary N) is 1. The minimum absolute atomic E-state index is 0.228. The lowest BCUT2D eigenvalue weighted by Gasteiger charge is -2.36. The van der Waals surface area contributed by atoms with Gasteiger partial charge in [0.25, 0.3) is 0 Å². The first kappa shape index (κ1) is 15.0. The molecular weight excluding hydrogens is 289 g/mol. The maximum atomic E-state index is 12.3. The Kier molecular flexibility index (Phi) is 4.44. The van der Waals surface area contributed by atoms with Crippen molar-refractivity contribution in [3.05, 3.63) is 24.0 Å². The summed E-state index contributed by atoms with van der Waals surface area (Å²) in [6.07, 6.45) is -2.49. The minimum atomic E-state index is -4.14. The van der Waals surface area contributed by atoms with Gasteiger partial charge in [0.15, 0.2) is 0 Å². The maximum Gasteiger partial charge on any atom is 0.401 e. The summed E-state index contributed by atoms with van der Waals surface area (Å²) in [7, 11) is 0. The zero-order valence-electron chi connectivity index (χ0n) is 10.7. The molecule has 1 aromatic rings. The van der Waals surface area contributed by atoms with Crippen molar-refractivity contribution >= 4 is 22.9 Å². The fourth-order valence-corrected chi connectivity index (χ4v) is 2.26. The van der Waals surface area contributed by atoms with Crippen molar-refractivity contribution in [1.29, 1.82) is 0 Å². The topological polar surface area (TPSA) is 45.4 Å². The molecule has 2 N–H and O–H groups in total. The third-order valence-corrected chi connectivity index (χ3v) is 3.35. The number of alkyl halides is 3. The molecule has 0 unspecified atom stereocenters. The average molecular weight is 304 g/mol. The number of piperazine rings is 1. The fourth-order valence-electron chi connectivity index (χ4n) is 2.14. The van der Waals surface area contributed by atoms with Crippen LogP contribution in [0.2, 0.25) is 0 Å². The average Bonchev–Trinajstić information content (AvgIpc) is 2.38. The first-order chi connectivity index (χ1) is 9.35. The molecule has 1 aliphatic heterocycles. The molecule has 0 amide bonds. The molecule has 8 heteroatoms. The van der Waals surface area contributed by atoms with Crippen LogP contribution in [0.3, 0.4) is 0 Å². The second-order valence-electron chi connectivity index (χ2n) is 4.64. The van der Waals surface area contributed by atoms with Gasteiger partial charge in [0.05, 0.1) is 24.1 Å². The van der Waals surface area contributed by atoms with Crippen molar-refractivity contribution in [2.75, 3.05) is 37.6 Å². The molecule has 110 valence electrons. The van der Waals surface area contributed by atoms with Gasteiger partial charge in [-0.1, -0.05) is 12.2 Å². The van der Waals surface area contributed by atoms with Crippen LogP contribution in [-0.2, 0) is 0 Å². The van der Waals surface area contributed by atoms with Gasteiger partial charge in [-0.15, -0.1) is 0 Å². The van der Waals surface area contributed by atoms with Gasteiger partial charge in [0, 0.05) is 26.2 Å². The highest BCUT2D eigenvalue weighted by Crippen LogP contribution is 2.20. The van der Waals surface area contributed by atoms with Gasteiger partial charge in [0.1, 0.15) is 4.99 Å². The number of pyridine rings is 1. The number of rotatable bonds is 3. The molecule has 1 saturated heterocycles. The van der Waals surface area contributed by atoms with E-state index in [2.05, 4.69) is 4.98 Å². The van der Waals surface area contributed by atoms with E-state index >= 15 is 0 Å². The van der Waals surface area contributed by atoms with Crippen LogP contribution >= 0.6 is 12.2 Å². The van der Waals surface area contributed by atoms with Gasteiger partial charge >= 0.3 is 6.18 Å². The molecule has 1 fully saturated rings. The standard InChI is InChI=1S/C12H15F3N4S/c13-12(14,15)8-18-3-5-19(6-4-18)9-1-2-10(11(16)20)17-7-9/h1-2,7H,3-6,8H2,(H2,16,20). The van der Waals surface area contributed by atoms with E-state index in [1.165, 1.54) is 4.90 Å². The zero-order chi connectivity index (χ0) is 14.8. The lowest BCUT2D eigenvalue weighted by atomic mass is 10.2. The van der Waals surface area contributed by atoms with E-state index < -0.39 is 12.7 Å². The first-order valence-electron chi connectivity index (χ1n) is 6.15. The van der Waals surface area contributed by atoms with Crippen molar-refractivity contribution in [2.45, 2.75) is 6.18 Å². The molecule has 0 radical (unpaired) electrons. The van der Waals surface area contributed by atoms with Crippen LogP contribution < -0.4 is 10.6 Å². The van der Waals surface area contributed by atoms with Crippen LogP contribution in [0.5, 0.6) is 0 Å². The molecule has 20 heavy (non-hydrogen) atoms. The molecule has 4 nitrogen and oxygen atoms in total. The molecule has 1 aliphatic rings. The van der Waals surface area contributed by atoms with E-state index in [4.69, 9.17) is 18.0 Å². The summed E-state index contributed by atoms with van der Waals surface area (Å²) >= 11 is 4.82. The van der Waals surface area contributed by atoms with Crippen LogP contribution in [-0.4, -0.2) is 53.8 Å². The van der Waals surface area contributed by atoms with E-state index in [0.29, 0.717) is 31.9 Å². The molecule has 0 atom stereocenters. The Morgan fingerprint density at radius 2 is 1.90 bits per heavy atom. The number of hydrogen-bond donors (Lipinski definition) is 1. The lowest BCUT2D eigenvalue weighted by Crippen LogP contribution is -2.49. The summed E-state index contributed by atoms with van der Waals surface area (Å²) in [6.45, 7) is 1.01. The number of aromatic nitrogens is 1. The number of halogens is 3. The molecule has 0 spiro atoms. The van der Waals surface area contributed by atoms with Gasteiger partial charge in [-0.05, 0) is 12.1 Å². The van der Waals surface area contributed by atoms with E-state index in [9.17, 15) is 13.2 Å². The molecule has 1 aromatic heterocycles. The van der Waals surface area contributed by atoms with Gasteiger partial charge in [-0.25, -0.2) is 0 Å². The Labute approximate surface area is 120 Å². The molecule has 0 saturated carbocycles. The highest BCUT2D eigenvalue weighted by molar-refractivity contribution is 7.80. The largest absolute Gasteiger partial charge is 0.401 e. The predicted molar refractivity (Wildman–Crippen MR) is 74.8 cm³/mol. The van der Waals surface area contributed by atoms with E-state index in [1.54, 1.807) is 12.3 Å². The smallest absolute Gasteiger partial charge is 0.388 e. The minimum Gasteiger partial charge on any atom is -0.388 e. The van der Waals surface area contributed by atoms with Crippen molar-refractivity contribution in [3.63, 3.8) is 0 Å². The zero-order valence-corrected chi connectivity index (χ0v) is 11.5. The van der Waals surface area contributed by atoms with Crippen LogP contribution in [0.25, 0.3) is 0 Å². The second-order valence-corrected chi connectivity index (χ2v) is 5.08. The first-order valence-corrected chi connectivity index (χ1v) is 6.56. The number of anilines is 1. The van der Waals surface area contributed by atoms with Gasteiger partial charge in [-0.3, -0.25) is 9.88 Å². The fraction of sp³-hybridized carbons (Fsp3) is 0.500. The van der Waals surface area contributed by atoms with Crippen LogP contribution in [0.1, 0.15) is 5.69 Å². The Hall–Kier alpha value is -1.41. The van der Waals surface area contributed by atoms with E-state index in [1.807, 2.05) is 11.0 Å². The normalized spacial score (nSPS) is 17.2. The summed E-state index contributed by atoms with van der Waals surface area (Å²) in [5, 5.41) is 0. The predicted octanol–water partition coefficient (Wildman–Crippen LogP) is 1.40. The Bertz CT molecular complexity index is 467. The molecule has 0 aliphatic carbocycles. The van der Waals surface area contributed by atoms with Crippen molar-refractivity contribution in [2.24, 2.45) is 5.73 Å². The van der Waals surface area contributed by atoms with Gasteiger partial charge in [0.2, 0.25) is 0 Å². The molecule has 2 rings (SSSR count). The van der Waals surface area contributed by atoms with Crippen molar-refractivity contribution in [3.8, 4) is 0 Å². The number of nitrogens with zero attached hydrogens (tertiary/aromatic N) is 3. The molecule has 2 heterocycles. The number of hydrogen-bond acceptors (Lipinski definition) is 4.